The molecule has 0 saturated carbocycles. The summed E-state index contributed by atoms with van der Waals surface area (Å²) < 4.78 is 1.01. The molecular formula is C16H19BrN2. The zero-order valence-corrected chi connectivity index (χ0v) is 12.7. The van der Waals surface area contributed by atoms with Crippen molar-refractivity contribution in [2.24, 2.45) is 5.73 Å². The van der Waals surface area contributed by atoms with Crippen molar-refractivity contribution in [1.82, 2.24) is 4.98 Å². The fraction of sp³-hybridized carbons (Fsp3) is 0.312. The van der Waals surface area contributed by atoms with Crippen LogP contribution in [-0.2, 0) is 12.8 Å². The van der Waals surface area contributed by atoms with Crippen LogP contribution in [0.15, 0.2) is 47.2 Å². The van der Waals surface area contributed by atoms with Crippen LogP contribution in [-0.4, -0.2) is 11.0 Å². The van der Waals surface area contributed by atoms with Crippen LogP contribution in [0, 0.1) is 6.92 Å². The Labute approximate surface area is 123 Å². The summed E-state index contributed by atoms with van der Waals surface area (Å²) in [5, 5.41) is 0. The molecule has 0 aliphatic rings. The number of pyridine rings is 1. The Kier molecular flexibility index (Phi) is 5.11. The molecule has 0 radical (unpaired) electrons. The molecule has 0 amide bonds. The second-order valence-electron chi connectivity index (χ2n) is 4.94. The Morgan fingerprint density at radius 1 is 1.26 bits per heavy atom. The molecule has 3 heteroatoms. The largest absolute Gasteiger partial charge is 0.327 e. The minimum Gasteiger partial charge on any atom is -0.327 e. The molecule has 2 aromatic rings. The van der Waals surface area contributed by atoms with E-state index in [1.807, 2.05) is 6.20 Å². The molecular weight excluding hydrogens is 300 g/mol. The molecule has 1 atom stereocenters. The number of rotatable bonds is 5. The predicted molar refractivity (Wildman–Crippen MR) is 83.1 cm³/mol. The molecule has 1 unspecified atom stereocenters. The topological polar surface area (TPSA) is 38.9 Å². The fourth-order valence-electron chi connectivity index (χ4n) is 2.20. The minimum absolute atomic E-state index is 0.177. The van der Waals surface area contributed by atoms with E-state index in [1.165, 1.54) is 16.7 Å². The molecule has 2 N–H and O–H groups in total. The molecule has 2 rings (SSSR count). The first-order valence-electron chi connectivity index (χ1n) is 6.54. The summed E-state index contributed by atoms with van der Waals surface area (Å²) in [5.41, 5.74) is 10.1. The lowest BCUT2D eigenvalue weighted by molar-refractivity contribution is 0.608. The van der Waals surface area contributed by atoms with Crippen LogP contribution in [0.25, 0.3) is 0 Å². The van der Waals surface area contributed by atoms with Crippen molar-refractivity contribution in [3.05, 3.63) is 63.9 Å². The molecule has 0 saturated heterocycles. The summed E-state index contributed by atoms with van der Waals surface area (Å²) in [5.74, 6) is 0. The van der Waals surface area contributed by atoms with Crippen LogP contribution in [0.2, 0.25) is 0 Å². The van der Waals surface area contributed by atoms with Crippen LogP contribution < -0.4 is 5.73 Å². The molecule has 0 fully saturated rings. The molecule has 1 heterocycles. The number of halogens is 1. The van der Waals surface area contributed by atoms with Gasteiger partial charge in [-0.1, -0.05) is 24.3 Å². The average molecular weight is 319 g/mol. The molecule has 1 aromatic heterocycles. The third kappa shape index (κ3) is 4.44. The Morgan fingerprint density at radius 2 is 2.05 bits per heavy atom. The monoisotopic (exact) mass is 318 g/mol. The summed E-state index contributed by atoms with van der Waals surface area (Å²) >= 11 is 3.43. The molecule has 1 aromatic carbocycles. The lowest BCUT2D eigenvalue weighted by atomic mass is 9.98. The van der Waals surface area contributed by atoms with Gasteiger partial charge in [-0.25, -0.2) is 0 Å². The van der Waals surface area contributed by atoms with Crippen LogP contribution in [0.3, 0.4) is 0 Å². The summed E-state index contributed by atoms with van der Waals surface area (Å²) in [4.78, 5) is 4.17. The third-order valence-electron chi connectivity index (χ3n) is 3.31. The van der Waals surface area contributed by atoms with Crippen LogP contribution >= 0.6 is 15.9 Å². The van der Waals surface area contributed by atoms with Crippen LogP contribution in [0.4, 0.5) is 0 Å². The number of nitrogens with two attached hydrogens (primary N) is 1. The zero-order chi connectivity index (χ0) is 13.7. The van der Waals surface area contributed by atoms with E-state index in [-0.39, 0.29) is 6.04 Å². The highest BCUT2D eigenvalue weighted by Crippen LogP contribution is 2.14. The predicted octanol–water partition coefficient (Wildman–Crippen LogP) is 3.66. The Bertz CT molecular complexity index is 540. The van der Waals surface area contributed by atoms with E-state index in [0.29, 0.717) is 0 Å². The van der Waals surface area contributed by atoms with E-state index in [4.69, 9.17) is 5.73 Å². The SMILES string of the molecule is Cc1ccccc1CCC(N)Cc1cncc(Br)c1. The van der Waals surface area contributed by atoms with Crippen molar-refractivity contribution >= 4 is 15.9 Å². The van der Waals surface area contributed by atoms with Gasteiger partial charge in [0.15, 0.2) is 0 Å². The van der Waals surface area contributed by atoms with E-state index in [1.54, 1.807) is 6.20 Å². The van der Waals surface area contributed by atoms with Gasteiger partial charge in [0.1, 0.15) is 0 Å². The van der Waals surface area contributed by atoms with Crippen LogP contribution in [0.5, 0.6) is 0 Å². The lowest BCUT2D eigenvalue weighted by Gasteiger charge is -2.12. The first kappa shape index (κ1) is 14.2. The van der Waals surface area contributed by atoms with E-state index in [0.717, 1.165) is 23.7 Å². The smallest absolute Gasteiger partial charge is 0.0410 e. The van der Waals surface area contributed by atoms with Crippen molar-refractivity contribution in [2.45, 2.75) is 32.2 Å². The number of hydrogen-bond acceptors (Lipinski definition) is 2. The number of benzene rings is 1. The molecule has 100 valence electrons. The molecule has 0 aliphatic carbocycles. The standard InChI is InChI=1S/C16H19BrN2/c1-12-4-2-3-5-14(12)6-7-16(18)9-13-8-15(17)11-19-10-13/h2-5,8,10-11,16H,6-7,9,18H2,1H3. The van der Waals surface area contributed by atoms with Gasteiger partial charge >= 0.3 is 0 Å². The highest BCUT2D eigenvalue weighted by atomic mass is 79.9. The van der Waals surface area contributed by atoms with Crippen LogP contribution in [0.1, 0.15) is 23.1 Å². The maximum absolute atomic E-state index is 6.21. The lowest BCUT2D eigenvalue weighted by Crippen LogP contribution is -2.23. The van der Waals surface area contributed by atoms with E-state index >= 15 is 0 Å². The molecule has 2 nitrogen and oxygen atoms in total. The minimum atomic E-state index is 0.177. The molecule has 0 aliphatic heterocycles. The quantitative estimate of drug-likeness (QED) is 0.913. The normalized spacial score (nSPS) is 12.4. The van der Waals surface area contributed by atoms with Crippen molar-refractivity contribution in [1.29, 1.82) is 0 Å². The second kappa shape index (κ2) is 6.83. The summed E-state index contributed by atoms with van der Waals surface area (Å²) in [6.45, 7) is 2.15. The maximum Gasteiger partial charge on any atom is 0.0410 e. The number of nitrogens with zero attached hydrogens (tertiary/aromatic N) is 1. The van der Waals surface area contributed by atoms with Crippen molar-refractivity contribution in [3.63, 3.8) is 0 Å². The van der Waals surface area contributed by atoms with Gasteiger partial charge < -0.3 is 5.73 Å². The van der Waals surface area contributed by atoms with Crippen molar-refractivity contribution < 1.29 is 0 Å². The average Bonchev–Trinajstić information content (AvgIpc) is 2.38. The first-order chi connectivity index (χ1) is 9.15. The Morgan fingerprint density at radius 3 is 2.79 bits per heavy atom. The summed E-state index contributed by atoms with van der Waals surface area (Å²) in [6.07, 6.45) is 6.59. The van der Waals surface area contributed by atoms with Crippen molar-refractivity contribution in [3.8, 4) is 0 Å². The highest BCUT2D eigenvalue weighted by molar-refractivity contribution is 9.10. The van der Waals surface area contributed by atoms with Gasteiger partial charge in [0, 0.05) is 22.9 Å². The third-order valence-corrected chi connectivity index (χ3v) is 3.74. The number of hydrogen-bond donors (Lipinski definition) is 1. The van der Waals surface area contributed by atoms with Gasteiger partial charge in [0.25, 0.3) is 0 Å². The summed E-state index contributed by atoms with van der Waals surface area (Å²) in [7, 11) is 0. The van der Waals surface area contributed by atoms with Gasteiger partial charge in [0.2, 0.25) is 0 Å². The van der Waals surface area contributed by atoms with Gasteiger partial charge in [-0.05, 0) is 64.9 Å². The Hall–Kier alpha value is -1.19. The first-order valence-corrected chi connectivity index (χ1v) is 7.34. The van der Waals surface area contributed by atoms with E-state index in [9.17, 15) is 0 Å². The maximum atomic E-state index is 6.21. The van der Waals surface area contributed by atoms with E-state index in [2.05, 4.69) is 58.2 Å². The zero-order valence-electron chi connectivity index (χ0n) is 11.1. The van der Waals surface area contributed by atoms with Gasteiger partial charge in [-0.2, -0.15) is 0 Å². The Balaban J connectivity index is 1.88. The van der Waals surface area contributed by atoms with Gasteiger partial charge in [-0.15, -0.1) is 0 Å². The van der Waals surface area contributed by atoms with Gasteiger partial charge in [0.05, 0.1) is 0 Å². The van der Waals surface area contributed by atoms with E-state index < -0.39 is 0 Å². The van der Waals surface area contributed by atoms with Gasteiger partial charge in [-0.3, -0.25) is 4.98 Å². The second-order valence-corrected chi connectivity index (χ2v) is 5.86. The van der Waals surface area contributed by atoms with Crippen molar-refractivity contribution in [2.75, 3.05) is 0 Å². The molecule has 19 heavy (non-hydrogen) atoms. The number of aryl methyl sites for hydroxylation is 2. The highest BCUT2D eigenvalue weighted by Gasteiger charge is 2.06. The number of aromatic nitrogens is 1. The fourth-order valence-corrected chi connectivity index (χ4v) is 2.62. The molecule has 0 spiro atoms. The molecule has 0 bridgehead atoms. The summed E-state index contributed by atoms with van der Waals surface area (Å²) in [6, 6.07) is 10.8.